The summed E-state index contributed by atoms with van der Waals surface area (Å²) in [5.74, 6) is 0.125. The molecule has 3 aromatic rings. The number of para-hydroxylation sites is 1. The molecule has 3 aromatic carbocycles. The van der Waals surface area contributed by atoms with Gasteiger partial charge in [-0.25, -0.2) is 8.78 Å². The third-order valence-electron chi connectivity index (χ3n) is 4.29. The Morgan fingerprint density at radius 2 is 1.25 bits per heavy atom. The highest BCUT2D eigenvalue weighted by molar-refractivity contribution is 5.21. The molecule has 0 spiro atoms. The number of nitrogens with zero attached hydrogens (tertiary/aromatic N) is 1. The number of aliphatic hydroxyl groups is 1. The Morgan fingerprint density at radius 1 is 0.750 bits per heavy atom. The van der Waals surface area contributed by atoms with Crippen LogP contribution in [0.2, 0.25) is 0 Å². The van der Waals surface area contributed by atoms with Gasteiger partial charge in [-0.2, -0.15) is 0 Å². The highest BCUT2D eigenvalue weighted by Crippen LogP contribution is 2.14. The Hall–Kier alpha value is -2.76. The fourth-order valence-corrected chi connectivity index (χ4v) is 2.94. The standard InChI is InChI=1S/C23H23F2NO2/c24-20-10-6-18(7-11-20)14-26(15-19-8-12-21(25)13-9-19)16-22(27)17-28-23-4-2-1-3-5-23/h1-13,22,27H,14-17H2/t22-/m1/s1. The van der Waals surface area contributed by atoms with E-state index in [4.69, 9.17) is 4.74 Å². The number of halogens is 2. The van der Waals surface area contributed by atoms with Crippen molar-refractivity contribution in [1.29, 1.82) is 0 Å². The molecule has 0 heterocycles. The van der Waals surface area contributed by atoms with Gasteiger partial charge in [0.05, 0.1) is 0 Å². The summed E-state index contributed by atoms with van der Waals surface area (Å²) in [5.41, 5.74) is 1.86. The van der Waals surface area contributed by atoms with Crippen LogP contribution in [0.1, 0.15) is 11.1 Å². The predicted molar refractivity (Wildman–Crippen MR) is 105 cm³/mol. The fraction of sp³-hybridized carbons (Fsp3) is 0.217. The third-order valence-corrected chi connectivity index (χ3v) is 4.29. The molecule has 146 valence electrons. The molecule has 0 fully saturated rings. The van der Waals surface area contributed by atoms with Crippen LogP contribution >= 0.6 is 0 Å². The highest BCUT2D eigenvalue weighted by Gasteiger charge is 2.14. The van der Waals surface area contributed by atoms with Crippen molar-refractivity contribution < 1.29 is 18.6 Å². The highest BCUT2D eigenvalue weighted by atomic mass is 19.1. The molecule has 0 aromatic heterocycles. The first kappa shape index (κ1) is 20.0. The van der Waals surface area contributed by atoms with Crippen molar-refractivity contribution in [3.8, 4) is 5.75 Å². The summed E-state index contributed by atoms with van der Waals surface area (Å²) in [6.45, 7) is 1.58. The van der Waals surface area contributed by atoms with E-state index in [0.29, 0.717) is 25.4 Å². The van der Waals surface area contributed by atoms with E-state index in [1.807, 2.05) is 35.2 Å². The van der Waals surface area contributed by atoms with Gasteiger partial charge in [0.25, 0.3) is 0 Å². The molecule has 0 radical (unpaired) electrons. The van der Waals surface area contributed by atoms with E-state index in [2.05, 4.69) is 0 Å². The Labute approximate surface area is 163 Å². The largest absolute Gasteiger partial charge is 0.491 e. The van der Waals surface area contributed by atoms with Gasteiger partial charge in [-0.3, -0.25) is 4.90 Å². The van der Waals surface area contributed by atoms with Gasteiger partial charge in [-0.05, 0) is 47.5 Å². The average molecular weight is 383 g/mol. The summed E-state index contributed by atoms with van der Waals surface area (Å²) in [5, 5.41) is 10.4. The summed E-state index contributed by atoms with van der Waals surface area (Å²) in [4.78, 5) is 2.03. The van der Waals surface area contributed by atoms with E-state index in [-0.39, 0.29) is 18.2 Å². The SMILES string of the molecule is O[C@@H](COc1ccccc1)CN(Cc1ccc(F)cc1)Cc1ccc(F)cc1. The molecule has 0 aliphatic rings. The van der Waals surface area contributed by atoms with E-state index < -0.39 is 6.10 Å². The summed E-state index contributed by atoms with van der Waals surface area (Å²) < 4.78 is 32.0. The molecule has 0 aliphatic carbocycles. The summed E-state index contributed by atoms with van der Waals surface area (Å²) in [6.07, 6.45) is -0.707. The lowest BCUT2D eigenvalue weighted by Gasteiger charge is -2.25. The Bertz CT molecular complexity index is 791. The Kier molecular flexibility index (Phi) is 7.12. The molecule has 1 N–H and O–H groups in total. The van der Waals surface area contributed by atoms with Crippen LogP contribution in [0.3, 0.4) is 0 Å². The monoisotopic (exact) mass is 383 g/mol. The molecule has 0 bridgehead atoms. The van der Waals surface area contributed by atoms with Gasteiger partial charge in [-0.1, -0.05) is 42.5 Å². The molecule has 1 atom stereocenters. The summed E-state index contributed by atoms with van der Waals surface area (Å²) in [6, 6.07) is 21.9. The number of aliphatic hydroxyl groups excluding tert-OH is 1. The number of rotatable bonds is 9. The number of ether oxygens (including phenoxy) is 1. The normalized spacial score (nSPS) is 12.1. The zero-order valence-electron chi connectivity index (χ0n) is 15.5. The smallest absolute Gasteiger partial charge is 0.123 e. The maximum atomic E-state index is 13.2. The lowest BCUT2D eigenvalue weighted by molar-refractivity contribution is 0.0628. The molecule has 3 rings (SSSR count). The van der Waals surface area contributed by atoms with Crippen molar-refractivity contribution in [3.63, 3.8) is 0 Å². The Balaban J connectivity index is 1.63. The second-order valence-corrected chi connectivity index (χ2v) is 6.70. The van der Waals surface area contributed by atoms with Crippen molar-refractivity contribution >= 4 is 0 Å². The first-order valence-electron chi connectivity index (χ1n) is 9.15. The van der Waals surface area contributed by atoms with Crippen molar-refractivity contribution in [3.05, 3.63) is 102 Å². The second-order valence-electron chi connectivity index (χ2n) is 6.70. The minimum atomic E-state index is -0.707. The van der Waals surface area contributed by atoms with E-state index in [0.717, 1.165) is 11.1 Å². The number of benzene rings is 3. The van der Waals surface area contributed by atoms with Gasteiger partial charge in [0, 0.05) is 19.6 Å². The van der Waals surface area contributed by atoms with Gasteiger partial charge in [0.2, 0.25) is 0 Å². The predicted octanol–water partition coefficient (Wildman–Crippen LogP) is 4.41. The molecule has 0 saturated heterocycles. The van der Waals surface area contributed by atoms with Crippen molar-refractivity contribution in [2.45, 2.75) is 19.2 Å². The van der Waals surface area contributed by atoms with Gasteiger partial charge in [-0.15, -0.1) is 0 Å². The van der Waals surface area contributed by atoms with E-state index in [1.165, 1.54) is 24.3 Å². The van der Waals surface area contributed by atoms with Crippen LogP contribution in [-0.4, -0.2) is 29.3 Å². The molecule has 0 unspecified atom stereocenters. The van der Waals surface area contributed by atoms with Crippen LogP contribution in [0.5, 0.6) is 5.75 Å². The van der Waals surface area contributed by atoms with Crippen LogP contribution in [0, 0.1) is 11.6 Å². The summed E-state index contributed by atoms with van der Waals surface area (Å²) in [7, 11) is 0. The fourth-order valence-electron chi connectivity index (χ4n) is 2.94. The maximum Gasteiger partial charge on any atom is 0.123 e. The van der Waals surface area contributed by atoms with Gasteiger partial charge in [0.1, 0.15) is 30.1 Å². The average Bonchev–Trinajstić information content (AvgIpc) is 2.71. The quantitative estimate of drug-likeness (QED) is 0.594. The second kappa shape index (κ2) is 9.97. The van der Waals surface area contributed by atoms with Crippen LogP contribution in [0.4, 0.5) is 8.78 Å². The first-order valence-corrected chi connectivity index (χ1v) is 9.15. The van der Waals surface area contributed by atoms with E-state index >= 15 is 0 Å². The van der Waals surface area contributed by atoms with Crippen LogP contribution in [0.25, 0.3) is 0 Å². The number of hydrogen-bond donors (Lipinski definition) is 1. The minimum absolute atomic E-state index is 0.160. The van der Waals surface area contributed by atoms with Crippen LogP contribution in [0.15, 0.2) is 78.9 Å². The number of hydrogen-bond acceptors (Lipinski definition) is 3. The van der Waals surface area contributed by atoms with E-state index in [1.54, 1.807) is 24.3 Å². The summed E-state index contributed by atoms with van der Waals surface area (Å²) >= 11 is 0. The minimum Gasteiger partial charge on any atom is -0.491 e. The van der Waals surface area contributed by atoms with Gasteiger partial charge < -0.3 is 9.84 Å². The molecule has 0 amide bonds. The van der Waals surface area contributed by atoms with Gasteiger partial charge in [0.15, 0.2) is 0 Å². The van der Waals surface area contributed by atoms with Gasteiger partial charge >= 0.3 is 0 Å². The lowest BCUT2D eigenvalue weighted by atomic mass is 10.1. The molecular formula is C23H23F2NO2. The maximum absolute atomic E-state index is 13.2. The molecular weight excluding hydrogens is 360 g/mol. The third kappa shape index (κ3) is 6.44. The topological polar surface area (TPSA) is 32.7 Å². The zero-order valence-corrected chi connectivity index (χ0v) is 15.5. The molecule has 0 aliphatic heterocycles. The van der Waals surface area contributed by atoms with Crippen molar-refractivity contribution in [1.82, 2.24) is 4.90 Å². The Morgan fingerprint density at radius 3 is 1.75 bits per heavy atom. The molecule has 5 heteroatoms. The van der Waals surface area contributed by atoms with Crippen LogP contribution in [-0.2, 0) is 13.1 Å². The first-order chi connectivity index (χ1) is 13.6. The molecule has 28 heavy (non-hydrogen) atoms. The molecule has 3 nitrogen and oxygen atoms in total. The van der Waals surface area contributed by atoms with Crippen LogP contribution < -0.4 is 4.74 Å². The molecule has 0 saturated carbocycles. The lowest BCUT2D eigenvalue weighted by Crippen LogP contribution is -2.35. The van der Waals surface area contributed by atoms with E-state index in [9.17, 15) is 13.9 Å². The van der Waals surface area contributed by atoms with Crippen molar-refractivity contribution in [2.24, 2.45) is 0 Å². The zero-order chi connectivity index (χ0) is 19.8. The van der Waals surface area contributed by atoms with Crippen molar-refractivity contribution in [2.75, 3.05) is 13.2 Å².